The molecule has 0 saturated carbocycles. The fourth-order valence-electron chi connectivity index (χ4n) is 1.33. The summed E-state index contributed by atoms with van der Waals surface area (Å²) in [4.78, 5) is 22.7. The molecule has 1 amide bonds. The summed E-state index contributed by atoms with van der Waals surface area (Å²) in [5.74, 6) is -1.80. The lowest BCUT2D eigenvalue weighted by Gasteiger charge is -2.20. The average molecular weight is 332 g/mol. The molecular weight excluding hydrogens is 318 g/mol. The van der Waals surface area contributed by atoms with Crippen LogP contribution in [-0.2, 0) is 4.74 Å². The van der Waals surface area contributed by atoms with Crippen molar-refractivity contribution >= 4 is 33.7 Å². The average Bonchev–Trinajstić information content (AvgIpc) is 2.10. The first kappa shape index (κ1) is 15.3. The lowest BCUT2D eigenvalue weighted by atomic mass is 10.1. The second-order valence-electron chi connectivity index (χ2n) is 4.78. The minimum absolute atomic E-state index is 0.0476. The van der Waals surface area contributed by atoms with E-state index in [1.54, 1.807) is 20.8 Å². The second-order valence-corrected chi connectivity index (χ2v) is 5.70. The van der Waals surface area contributed by atoms with E-state index in [2.05, 4.69) is 21.2 Å². The van der Waals surface area contributed by atoms with Gasteiger partial charge in [-0.3, -0.25) is 5.32 Å². The quantitative estimate of drug-likeness (QED) is 0.773. The maximum Gasteiger partial charge on any atom is 0.412 e. The molecule has 0 heterocycles. The summed E-state index contributed by atoms with van der Waals surface area (Å²) in [6.07, 6.45) is -0.799. The van der Waals surface area contributed by atoms with Gasteiger partial charge in [0.25, 0.3) is 0 Å². The van der Waals surface area contributed by atoms with Gasteiger partial charge in [0.2, 0.25) is 0 Å². The van der Waals surface area contributed by atoms with Crippen molar-refractivity contribution in [2.45, 2.75) is 26.4 Å². The SMILES string of the molecule is CC(C)(C)OC(=O)Nc1cc(Br)cc(O)c1C(=O)O. The zero-order chi connectivity index (χ0) is 14.8. The number of carbonyl (C=O) groups is 2. The second kappa shape index (κ2) is 5.48. The normalized spacial score (nSPS) is 10.9. The number of benzene rings is 1. The number of anilines is 1. The van der Waals surface area contributed by atoms with Gasteiger partial charge in [-0.2, -0.15) is 0 Å². The maximum absolute atomic E-state index is 11.6. The molecular formula is C12H14BrNO5. The molecule has 1 aromatic rings. The number of hydrogen-bond donors (Lipinski definition) is 3. The maximum atomic E-state index is 11.6. The van der Waals surface area contributed by atoms with Gasteiger partial charge in [0.05, 0.1) is 5.69 Å². The van der Waals surface area contributed by atoms with Gasteiger partial charge in [-0.1, -0.05) is 15.9 Å². The third kappa shape index (κ3) is 4.44. The summed E-state index contributed by atoms with van der Waals surface area (Å²) in [6, 6.07) is 2.59. The number of carbonyl (C=O) groups excluding carboxylic acids is 1. The standard InChI is InChI=1S/C12H14BrNO5/c1-12(2,3)19-11(18)14-7-4-6(13)5-8(15)9(7)10(16)17/h4-5,15H,1-3H3,(H,14,18)(H,16,17). The van der Waals surface area contributed by atoms with Gasteiger partial charge in [-0.15, -0.1) is 0 Å². The highest BCUT2D eigenvalue weighted by Crippen LogP contribution is 2.30. The Kier molecular flexibility index (Phi) is 4.41. The number of carboxylic acid groups (broad SMARTS) is 1. The Balaban J connectivity index is 3.07. The Bertz CT molecular complexity index is 522. The summed E-state index contributed by atoms with van der Waals surface area (Å²) in [5.41, 5.74) is -1.15. The highest BCUT2D eigenvalue weighted by Gasteiger charge is 2.21. The van der Waals surface area contributed by atoms with Crippen molar-refractivity contribution in [1.29, 1.82) is 0 Å². The van der Waals surface area contributed by atoms with Crippen LogP contribution in [0.4, 0.5) is 10.5 Å². The van der Waals surface area contributed by atoms with Crippen LogP contribution in [0.2, 0.25) is 0 Å². The van der Waals surface area contributed by atoms with Gasteiger partial charge in [-0.25, -0.2) is 9.59 Å². The van der Waals surface area contributed by atoms with E-state index in [0.29, 0.717) is 4.47 Å². The summed E-state index contributed by atoms with van der Waals surface area (Å²) >= 11 is 3.10. The smallest absolute Gasteiger partial charge is 0.412 e. The van der Waals surface area contributed by atoms with Gasteiger partial charge in [0.1, 0.15) is 16.9 Å². The van der Waals surface area contributed by atoms with Crippen LogP contribution in [0.5, 0.6) is 5.75 Å². The van der Waals surface area contributed by atoms with E-state index >= 15 is 0 Å². The minimum atomic E-state index is -1.35. The third-order valence-electron chi connectivity index (χ3n) is 1.93. The first-order valence-electron chi connectivity index (χ1n) is 5.36. The van der Waals surface area contributed by atoms with E-state index < -0.39 is 29.0 Å². The van der Waals surface area contributed by atoms with Gasteiger partial charge in [-0.05, 0) is 32.9 Å². The highest BCUT2D eigenvalue weighted by molar-refractivity contribution is 9.10. The Labute approximate surface area is 118 Å². The summed E-state index contributed by atoms with van der Waals surface area (Å²) < 4.78 is 5.45. The predicted molar refractivity (Wildman–Crippen MR) is 72.6 cm³/mol. The minimum Gasteiger partial charge on any atom is -0.507 e. The molecule has 7 heteroatoms. The van der Waals surface area contributed by atoms with Crippen molar-refractivity contribution < 1.29 is 24.5 Å². The van der Waals surface area contributed by atoms with Crippen LogP contribution in [0.3, 0.4) is 0 Å². The topological polar surface area (TPSA) is 95.9 Å². The number of aromatic carboxylic acids is 1. The number of amides is 1. The molecule has 104 valence electrons. The summed E-state index contributed by atoms with van der Waals surface area (Å²) in [5, 5.41) is 20.9. The van der Waals surface area contributed by atoms with E-state index in [-0.39, 0.29) is 5.69 Å². The largest absolute Gasteiger partial charge is 0.507 e. The Morgan fingerprint density at radius 3 is 2.37 bits per heavy atom. The number of halogens is 1. The zero-order valence-corrected chi connectivity index (χ0v) is 12.2. The summed E-state index contributed by atoms with van der Waals surface area (Å²) in [7, 11) is 0. The molecule has 0 aliphatic rings. The van der Waals surface area contributed by atoms with Crippen LogP contribution >= 0.6 is 15.9 Å². The Hall–Kier alpha value is -1.76. The first-order valence-corrected chi connectivity index (χ1v) is 6.15. The molecule has 0 radical (unpaired) electrons. The lowest BCUT2D eigenvalue weighted by molar-refractivity contribution is 0.0636. The van der Waals surface area contributed by atoms with Crippen molar-refractivity contribution in [2.24, 2.45) is 0 Å². The zero-order valence-electron chi connectivity index (χ0n) is 10.7. The Morgan fingerprint density at radius 1 is 1.32 bits per heavy atom. The van der Waals surface area contributed by atoms with E-state index in [0.717, 1.165) is 0 Å². The van der Waals surface area contributed by atoms with Crippen molar-refractivity contribution in [3.05, 3.63) is 22.2 Å². The predicted octanol–water partition coefficient (Wildman–Crippen LogP) is 3.20. The number of nitrogens with one attached hydrogen (secondary N) is 1. The number of ether oxygens (including phenoxy) is 1. The third-order valence-corrected chi connectivity index (χ3v) is 2.39. The van der Waals surface area contributed by atoms with Crippen LogP contribution in [0.15, 0.2) is 16.6 Å². The summed E-state index contributed by atoms with van der Waals surface area (Å²) in [6.45, 7) is 5.05. The van der Waals surface area contributed by atoms with Gasteiger partial charge < -0.3 is 14.9 Å². The number of aromatic hydroxyl groups is 1. The molecule has 0 fully saturated rings. The van der Waals surface area contributed by atoms with E-state index in [9.17, 15) is 14.7 Å². The van der Waals surface area contributed by atoms with Crippen molar-refractivity contribution in [1.82, 2.24) is 0 Å². The lowest BCUT2D eigenvalue weighted by Crippen LogP contribution is -2.27. The molecule has 0 aliphatic heterocycles. The molecule has 6 nitrogen and oxygen atoms in total. The van der Waals surface area contributed by atoms with Crippen molar-refractivity contribution in [2.75, 3.05) is 5.32 Å². The fourth-order valence-corrected chi connectivity index (χ4v) is 1.78. The molecule has 0 unspecified atom stereocenters. The molecule has 0 aromatic heterocycles. The highest BCUT2D eigenvalue weighted by atomic mass is 79.9. The molecule has 0 saturated heterocycles. The van der Waals surface area contributed by atoms with Crippen LogP contribution < -0.4 is 5.32 Å². The Morgan fingerprint density at radius 2 is 1.89 bits per heavy atom. The monoisotopic (exact) mass is 331 g/mol. The van der Waals surface area contributed by atoms with Gasteiger partial charge in [0.15, 0.2) is 0 Å². The molecule has 0 bridgehead atoms. The number of rotatable bonds is 2. The molecule has 0 atom stereocenters. The van der Waals surface area contributed by atoms with Gasteiger partial charge in [0, 0.05) is 4.47 Å². The first-order chi connectivity index (χ1) is 8.60. The van der Waals surface area contributed by atoms with Crippen LogP contribution in [0, 0.1) is 0 Å². The number of carboxylic acids is 1. The van der Waals surface area contributed by atoms with Crippen molar-refractivity contribution in [3.8, 4) is 5.75 Å². The number of phenols is 1. The van der Waals surface area contributed by atoms with Crippen LogP contribution in [0.1, 0.15) is 31.1 Å². The molecule has 1 aromatic carbocycles. The molecule has 19 heavy (non-hydrogen) atoms. The molecule has 3 N–H and O–H groups in total. The fraction of sp³-hybridized carbons (Fsp3) is 0.333. The molecule has 0 aliphatic carbocycles. The molecule has 1 rings (SSSR count). The van der Waals surface area contributed by atoms with Crippen molar-refractivity contribution in [3.63, 3.8) is 0 Å². The van der Waals surface area contributed by atoms with E-state index in [1.165, 1.54) is 12.1 Å². The van der Waals surface area contributed by atoms with Crippen LogP contribution in [-0.4, -0.2) is 27.9 Å². The van der Waals surface area contributed by atoms with Crippen LogP contribution in [0.25, 0.3) is 0 Å². The van der Waals surface area contributed by atoms with Gasteiger partial charge >= 0.3 is 12.1 Å². The van der Waals surface area contributed by atoms with E-state index in [4.69, 9.17) is 9.84 Å². The van der Waals surface area contributed by atoms with E-state index in [1.807, 2.05) is 0 Å². The molecule has 0 spiro atoms. The number of hydrogen-bond acceptors (Lipinski definition) is 4.